The Hall–Kier alpha value is -4.56. The fraction of sp³-hybridized carbons (Fsp3) is 0.200. The number of aromatic hydroxyl groups is 1. The molecule has 38 heavy (non-hydrogen) atoms. The van der Waals surface area contributed by atoms with Gasteiger partial charge in [-0.05, 0) is 41.3 Å². The highest BCUT2D eigenvalue weighted by molar-refractivity contribution is 6.02. The molecule has 192 valence electrons. The highest BCUT2D eigenvalue weighted by Crippen LogP contribution is 2.35. The summed E-state index contributed by atoms with van der Waals surface area (Å²) in [6, 6.07) is 16.0. The lowest BCUT2D eigenvalue weighted by Crippen LogP contribution is -2.37. The average molecular weight is 509 g/mol. The quantitative estimate of drug-likeness (QED) is 0.341. The van der Waals surface area contributed by atoms with Crippen molar-refractivity contribution in [3.05, 3.63) is 89.6 Å². The topological polar surface area (TPSA) is 109 Å². The van der Waals surface area contributed by atoms with Gasteiger partial charge in [-0.1, -0.05) is 62.1 Å². The predicted octanol–water partition coefficient (Wildman–Crippen LogP) is 5.42. The zero-order valence-electron chi connectivity index (χ0n) is 21.1. The molecule has 4 aromatic rings. The first kappa shape index (κ1) is 25.1. The number of fused-ring (bicyclic) bond motifs is 1. The normalized spacial score (nSPS) is 13.8. The Balaban J connectivity index is 1.81. The number of allylic oxidation sites excluding steroid dienone is 1. The predicted molar refractivity (Wildman–Crippen MR) is 148 cm³/mol. The Labute approximate surface area is 220 Å². The van der Waals surface area contributed by atoms with Crippen molar-refractivity contribution in [1.29, 1.82) is 0 Å². The molecule has 5 rings (SSSR count). The van der Waals surface area contributed by atoms with Crippen molar-refractivity contribution in [3.63, 3.8) is 0 Å². The number of hydrogen-bond acceptors (Lipinski definition) is 7. The number of morpholine rings is 1. The molecule has 0 spiro atoms. The summed E-state index contributed by atoms with van der Waals surface area (Å²) >= 11 is 0. The zero-order chi connectivity index (χ0) is 26.6. The molecule has 1 fully saturated rings. The van der Waals surface area contributed by atoms with Gasteiger partial charge in [-0.25, -0.2) is 19.7 Å². The van der Waals surface area contributed by atoms with Gasteiger partial charge in [0, 0.05) is 24.2 Å². The maximum Gasteiger partial charge on any atom is 0.354 e. The Morgan fingerprint density at radius 1 is 1.03 bits per heavy atom. The zero-order valence-corrected chi connectivity index (χ0v) is 21.1. The van der Waals surface area contributed by atoms with E-state index in [4.69, 9.17) is 14.7 Å². The van der Waals surface area contributed by atoms with E-state index in [1.165, 1.54) is 6.07 Å². The second-order valence-corrected chi connectivity index (χ2v) is 8.96. The second kappa shape index (κ2) is 10.8. The molecule has 2 aromatic carbocycles. The third kappa shape index (κ3) is 4.99. The Bertz CT molecular complexity index is 1560. The fourth-order valence-electron chi connectivity index (χ4n) is 4.50. The molecule has 1 aliphatic heterocycles. The van der Waals surface area contributed by atoms with Crippen LogP contribution in [0.25, 0.3) is 33.9 Å². The van der Waals surface area contributed by atoms with Crippen molar-refractivity contribution in [2.75, 3.05) is 31.2 Å². The van der Waals surface area contributed by atoms with Crippen molar-refractivity contribution < 1.29 is 19.7 Å². The smallest absolute Gasteiger partial charge is 0.354 e. The van der Waals surface area contributed by atoms with Crippen molar-refractivity contribution in [2.24, 2.45) is 0 Å². The number of aromatic carboxylic acids is 1. The SMILES string of the molecule is C=C(c1ccccc1C=CCC)c1cc(C(=O)O)nc2c(-c3cccc(O)c3)nc(N3CCOCC3)nc12. The minimum atomic E-state index is -1.17. The van der Waals surface area contributed by atoms with Crippen molar-refractivity contribution in [3.8, 4) is 17.0 Å². The number of nitrogens with zero attached hydrogens (tertiary/aromatic N) is 4. The summed E-state index contributed by atoms with van der Waals surface area (Å²) in [5.74, 6) is -0.616. The average Bonchev–Trinajstić information content (AvgIpc) is 2.95. The summed E-state index contributed by atoms with van der Waals surface area (Å²) < 4.78 is 5.52. The van der Waals surface area contributed by atoms with Crippen LogP contribution >= 0.6 is 0 Å². The molecule has 8 heteroatoms. The molecule has 2 N–H and O–H groups in total. The van der Waals surface area contributed by atoms with Crippen LogP contribution in [0.1, 0.15) is 40.5 Å². The van der Waals surface area contributed by atoms with Gasteiger partial charge in [0.1, 0.15) is 28.2 Å². The standard InChI is InChI=1S/C30H28N4O4/c1-3-4-8-20-9-5-6-12-23(20)19(2)24-18-25(29(36)37)31-28-26(21-10-7-11-22(35)17-21)32-30(33-27(24)28)34-13-15-38-16-14-34/h4-12,17-18,35H,2-3,13-16H2,1H3,(H,36,37). The monoisotopic (exact) mass is 508 g/mol. The summed E-state index contributed by atoms with van der Waals surface area (Å²) in [6.07, 6.45) is 4.98. The van der Waals surface area contributed by atoms with E-state index in [0.29, 0.717) is 65.7 Å². The number of rotatable bonds is 7. The van der Waals surface area contributed by atoms with Crippen LogP contribution in [-0.2, 0) is 4.74 Å². The number of phenolic OH excluding ortho intramolecular Hbond substituents is 1. The largest absolute Gasteiger partial charge is 0.508 e. The minimum absolute atomic E-state index is 0.0674. The molecule has 1 aliphatic rings. The van der Waals surface area contributed by atoms with Gasteiger partial charge in [0.15, 0.2) is 0 Å². The molecule has 3 heterocycles. The molecule has 1 saturated heterocycles. The highest BCUT2D eigenvalue weighted by Gasteiger charge is 2.23. The van der Waals surface area contributed by atoms with Crippen LogP contribution in [0.4, 0.5) is 5.95 Å². The maximum absolute atomic E-state index is 12.2. The van der Waals surface area contributed by atoms with Gasteiger partial charge >= 0.3 is 5.97 Å². The van der Waals surface area contributed by atoms with Crippen LogP contribution in [0.3, 0.4) is 0 Å². The summed E-state index contributed by atoms with van der Waals surface area (Å²) in [5, 5.41) is 20.1. The van der Waals surface area contributed by atoms with Crippen molar-refractivity contribution >= 4 is 34.6 Å². The van der Waals surface area contributed by atoms with Crippen LogP contribution in [0.15, 0.2) is 67.3 Å². The Morgan fingerprint density at radius 3 is 2.55 bits per heavy atom. The van der Waals surface area contributed by atoms with Crippen LogP contribution < -0.4 is 4.90 Å². The van der Waals surface area contributed by atoms with Crippen LogP contribution in [-0.4, -0.2) is 57.4 Å². The third-order valence-electron chi connectivity index (χ3n) is 6.42. The molecule has 0 aliphatic carbocycles. The van der Waals surface area contributed by atoms with Gasteiger partial charge < -0.3 is 19.8 Å². The Kier molecular flexibility index (Phi) is 7.15. The molecule has 0 amide bonds. The van der Waals surface area contributed by atoms with Gasteiger partial charge in [-0.15, -0.1) is 0 Å². The molecule has 8 nitrogen and oxygen atoms in total. The summed E-state index contributed by atoms with van der Waals surface area (Å²) in [7, 11) is 0. The lowest BCUT2D eigenvalue weighted by Gasteiger charge is -2.27. The van der Waals surface area contributed by atoms with E-state index >= 15 is 0 Å². The Morgan fingerprint density at radius 2 is 1.82 bits per heavy atom. The maximum atomic E-state index is 12.2. The number of ether oxygens (including phenoxy) is 1. The molecule has 0 atom stereocenters. The first-order chi connectivity index (χ1) is 18.5. The first-order valence-corrected chi connectivity index (χ1v) is 12.5. The van der Waals surface area contributed by atoms with Crippen LogP contribution in [0.5, 0.6) is 5.75 Å². The molecule has 0 saturated carbocycles. The van der Waals surface area contributed by atoms with E-state index < -0.39 is 5.97 Å². The van der Waals surface area contributed by atoms with Crippen LogP contribution in [0, 0.1) is 0 Å². The van der Waals surface area contributed by atoms with E-state index in [0.717, 1.165) is 17.5 Å². The van der Waals surface area contributed by atoms with Gasteiger partial charge in [0.2, 0.25) is 5.95 Å². The lowest BCUT2D eigenvalue weighted by atomic mass is 9.93. The number of hydrogen-bond donors (Lipinski definition) is 2. The molecular formula is C30H28N4O4. The minimum Gasteiger partial charge on any atom is -0.508 e. The van der Waals surface area contributed by atoms with Gasteiger partial charge in [0.05, 0.1) is 13.2 Å². The number of aromatic nitrogens is 3. The fourth-order valence-corrected chi connectivity index (χ4v) is 4.50. The molecule has 0 unspecified atom stereocenters. The summed E-state index contributed by atoms with van der Waals surface area (Å²) in [5.41, 5.74) is 4.73. The van der Waals surface area contributed by atoms with Gasteiger partial charge in [0.25, 0.3) is 0 Å². The van der Waals surface area contributed by atoms with Gasteiger partial charge in [-0.3, -0.25) is 0 Å². The molecule has 2 aromatic heterocycles. The van der Waals surface area contributed by atoms with E-state index in [1.807, 2.05) is 35.2 Å². The number of carbonyl (C=O) groups is 1. The number of anilines is 1. The first-order valence-electron chi connectivity index (χ1n) is 12.5. The third-order valence-corrected chi connectivity index (χ3v) is 6.42. The van der Waals surface area contributed by atoms with Crippen molar-refractivity contribution in [2.45, 2.75) is 13.3 Å². The molecule has 0 bridgehead atoms. The lowest BCUT2D eigenvalue weighted by molar-refractivity contribution is 0.0691. The van der Waals surface area contributed by atoms with E-state index in [1.54, 1.807) is 24.3 Å². The van der Waals surface area contributed by atoms with Crippen molar-refractivity contribution in [1.82, 2.24) is 15.0 Å². The highest BCUT2D eigenvalue weighted by atomic mass is 16.5. The number of benzene rings is 2. The number of phenols is 1. The second-order valence-electron chi connectivity index (χ2n) is 8.96. The number of carboxylic acids is 1. The van der Waals surface area contributed by atoms with E-state index in [2.05, 4.69) is 24.6 Å². The number of carboxylic acid groups (broad SMARTS) is 1. The molecule has 0 radical (unpaired) electrons. The van der Waals surface area contributed by atoms with E-state index in [-0.39, 0.29) is 11.4 Å². The summed E-state index contributed by atoms with van der Waals surface area (Å²) in [6.45, 7) is 8.79. The van der Waals surface area contributed by atoms with Crippen LogP contribution in [0.2, 0.25) is 0 Å². The van der Waals surface area contributed by atoms with Gasteiger partial charge in [-0.2, -0.15) is 0 Å². The number of pyridine rings is 1. The van der Waals surface area contributed by atoms with E-state index in [9.17, 15) is 15.0 Å². The summed E-state index contributed by atoms with van der Waals surface area (Å²) in [4.78, 5) is 28.4. The molecular weight excluding hydrogens is 480 g/mol.